The molecule has 0 radical (unpaired) electrons. The third-order valence-corrected chi connectivity index (χ3v) is 4.84. The van der Waals surface area contributed by atoms with Crippen LogP contribution in [0, 0.1) is 13.8 Å². The van der Waals surface area contributed by atoms with Gasteiger partial charge in [-0.1, -0.05) is 82.2 Å². The average Bonchev–Trinajstić information content (AvgIpc) is 2.48. The van der Waals surface area contributed by atoms with Crippen LogP contribution in [0.1, 0.15) is 27.1 Å². The largest absolute Gasteiger partial charge is 0.0786 e. The van der Waals surface area contributed by atoms with E-state index in [-0.39, 0.29) is 4.83 Å². The Morgan fingerprint density at radius 2 is 1.40 bits per heavy atom. The number of alkyl halides is 1. The molecule has 100 valence electrons. The molecule has 0 bridgehead atoms. The molecule has 0 saturated carbocycles. The molecule has 1 atom stereocenters. The molecule has 0 spiro atoms. The molecule has 3 rings (SSSR count). The SMILES string of the molecule is Cc1ccc(C(Br)c2ccc(C)c3ccccc23)cc1. The standard InChI is InChI=1S/C19H17Br/c1-13-7-10-15(11-8-13)19(20)18-12-9-14(2)16-5-3-4-6-17(16)18/h3-12,19H,1-2H3. The molecule has 0 aliphatic heterocycles. The summed E-state index contributed by atoms with van der Waals surface area (Å²) in [6.45, 7) is 4.29. The van der Waals surface area contributed by atoms with Crippen molar-refractivity contribution >= 4 is 26.7 Å². The van der Waals surface area contributed by atoms with Gasteiger partial charge < -0.3 is 0 Å². The van der Waals surface area contributed by atoms with Crippen molar-refractivity contribution in [3.63, 3.8) is 0 Å². The fourth-order valence-electron chi connectivity index (χ4n) is 2.61. The molecule has 3 aromatic carbocycles. The van der Waals surface area contributed by atoms with Gasteiger partial charge in [0.25, 0.3) is 0 Å². The van der Waals surface area contributed by atoms with Gasteiger partial charge in [0.15, 0.2) is 0 Å². The predicted molar refractivity (Wildman–Crippen MR) is 90.6 cm³/mol. The van der Waals surface area contributed by atoms with E-state index in [1.54, 1.807) is 0 Å². The van der Waals surface area contributed by atoms with Crippen molar-refractivity contribution in [1.82, 2.24) is 0 Å². The lowest BCUT2D eigenvalue weighted by Crippen LogP contribution is -1.95. The van der Waals surface area contributed by atoms with Crippen molar-refractivity contribution in [2.24, 2.45) is 0 Å². The van der Waals surface area contributed by atoms with Crippen molar-refractivity contribution < 1.29 is 0 Å². The summed E-state index contributed by atoms with van der Waals surface area (Å²) in [7, 11) is 0. The quantitative estimate of drug-likeness (QED) is 0.511. The Bertz CT molecular complexity index is 741. The average molecular weight is 325 g/mol. The lowest BCUT2D eigenvalue weighted by molar-refractivity contribution is 1.19. The summed E-state index contributed by atoms with van der Waals surface area (Å²) in [4.78, 5) is 0.230. The number of benzene rings is 3. The molecule has 0 aliphatic rings. The number of hydrogen-bond donors (Lipinski definition) is 0. The van der Waals surface area contributed by atoms with Crippen molar-refractivity contribution in [3.8, 4) is 0 Å². The fraction of sp³-hybridized carbons (Fsp3) is 0.158. The summed E-state index contributed by atoms with van der Waals surface area (Å²) in [6, 6.07) is 21.8. The summed E-state index contributed by atoms with van der Waals surface area (Å²) in [5.74, 6) is 0. The third-order valence-electron chi connectivity index (χ3n) is 3.82. The van der Waals surface area contributed by atoms with Gasteiger partial charge in [0.05, 0.1) is 4.83 Å². The Kier molecular flexibility index (Phi) is 3.62. The van der Waals surface area contributed by atoms with Crippen LogP contribution in [-0.2, 0) is 0 Å². The molecule has 0 saturated heterocycles. The molecule has 0 amide bonds. The Morgan fingerprint density at radius 3 is 2.10 bits per heavy atom. The van der Waals surface area contributed by atoms with Crippen LogP contribution in [0.3, 0.4) is 0 Å². The Labute approximate surface area is 128 Å². The molecule has 0 aliphatic carbocycles. The van der Waals surface area contributed by atoms with E-state index in [0.29, 0.717) is 0 Å². The molecular formula is C19H17Br. The topological polar surface area (TPSA) is 0 Å². The van der Waals surface area contributed by atoms with E-state index < -0.39 is 0 Å². The first-order chi connectivity index (χ1) is 9.66. The van der Waals surface area contributed by atoms with Crippen LogP contribution in [0.5, 0.6) is 0 Å². The van der Waals surface area contributed by atoms with Gasteiger partial charge in [-0.3, -0.25) is 0 Å². The first-order valence-corrected chi connectivity index (χ1v) is 7.77. The Balaban J connectivity index is 2.14. The maximum atomic E-state index is 3.86. The van der Waals surface area contributed by atoms with E-state index >= 15 is 0 Å². The summed E-state index contributed by atoms with van der Waals surface area (Å²) >= 11 is 3.86. The summed E-state index contributed by atoms with van der Waals surface area (Å²) in [5, 5.41) is 2.66. The van der Waals surface area contributed by atoms with Gasteiger partial charge in [-0.15, -0.1) is 0 Å². The number of rotatable bonds is 2. The molecule has 20 heavy (non-hydrogen) atoms. The molecule has 0 N–H and O–H groups in total. The smallest absolute Gasteiger partial charge is 0.0650 e. The second-order valence-electron chi connectivity index (χ2n) is 5.29. The van der Waals surface area contributed by atoms with E-state index in [9.17, 15) is 0 Å². The van der Waals surface area contributed by atoms with Crippen LogP contribution in [0.25, 0.3) is 10.8 Å². The summed E-state index contributed by atoms with van der Waals surface area (Å²) in [6.07, 6.45) is 0. The van der Waals surface area contributed by atoms with Crippen molar-refractivity contribution in [2.75, 3.05) is 0 Å². The molecular weight excluding hydrogens is 308 g/mol. The molecule has 1 unspecified atom stereocenters. The van der Waals surface area contributed by atoms with Gasteiger partial charge in [0.1, 0.15) is 0 Å². The van der Waals surface area contributed by atoms with E-state index in [1.165, 1.54) is 33.0 Å². The number of halogens is 1. The monoisotopic (exact) mass is 324 g/mol. The highest BCUT2D eigenvalue weighted by molar-refractivity contribution is 9.09. The van der Waals surface area contributed by atoms with Crippen LogP contribution in [0.2, 0.25) is 0 Å². The van der Waals surface area contributed by atoms with E-state index in [2.05, 4.69) is 90.4 Å². The lowest BCUT2D eigenvalue weighted by Gasteiger charge is -2.15. The minimum atomic E-state index is 0.230. The molecule has 0 fully saturated rings. The predicted octanol–water partition coefficient (Wildman–Crippen LogP) is 5.94. The van der Waals surface area contributed by atoms with Gasteiger partial charge in [-0.25, -0.2) is 0 Å². The maximum absolute atomic E-state index is 3.86. The number of hydrogen-bond acceptors (Lipinski definition) is 0. The summed E-state index contributed by atoms with van der Waals surface area (Å²) < 4.78 is 0. The van der Waals surface area contributed by atoms with Crippen LogP contribution in [0.15, 0.2) is 60.7 Å². The molecule has 3 aromatic rings. The number of fused-ring (bicyclic) bond motifs is 1. The van der Waals surface area contributed by atoms with Gasteiger partial charge >= 0.3 is 0 Å². The van der Waals surface area contributed by atoms with E-state index in [4.69, 9.17) is 0 Å². The Hall–Kier alpha value is -1.60. The molecule has 0 heterocycles. The van der Waals surface area contributed by atoms with Crippen LogP contribution in [-0.4, -0.2) is 0 Å². The Morgan fingerprint density at radius 1 is 0.750 bits per heavy atom. The van der Waals surface area contributed by atoms with Gasteiger partial charge in [0, 0.05) is 0 Å². The highest BCUT2D eigenvalue weighted by Crippen LogP contribution is 2.36. The fourth-order valence-corrected chi connectivity index (χ4v) is 3.31. The van der Waals surface area contributed by atoms with Crippen molar-refractivity contribution in [2.45, 2.75) is 18.7 Å². The minimum Gasteiger partial charge on any atom is -0.0786 e. The van der Waals surface area contributed by atoms with Crippen molar-refractivity contribution in [1.29, 1.82) is 0 Å². The minimum absolute atomic E-state index is 0.230. The molecule has 0 aromatic heterocycles. The van der Waals surface area contributed by atoms with Crippen LogP contribution >= 0.6 is 15.9 Å². The highest BCUT2D eigenvalue weighted by Gasteiger charge is 2.13. The van der Waals surface area contributed by atoms with Gasteiger partial charge in [0.2, 0.25) is 0 Å². The highest BCUT2D eigenvalue weighted by atomic mass is 79.9. The summed E-state index contributed by atoms with van der Waals surface area (Å²) in [5.41, 5.74) is 5.25. The normalized spacial score (nSPS) is 12.6. The zero-order valence-electron chi connectivity index (χ0n) is 11.7. The second kappa shape index (κ2) is 5.41. The third kappa shape index (κ3) is 2.38. The van der Waals surface area contributed by atoms with E-state index in [0.717, 1.165) is 0 Å². The first-order valence-electron chi connectivity index (χ1n) is 6.85. The zero-order valence-corrected chi connectivity index (χ0v) is 13.3. The lowest BCUT2D eigenvalue weighted by atomic mass is 9.95. The molecule has 1 heteroatoms. The van der Waals surface area contributed by atoms with Gasteiger partial charge in [-0.2, -0.15) is 0 Å². The zero-order chi connectivity index (χ0) is 14.1. The van der Waals surface area contributed by atoms with Gasteiger partial charge in [-0.05, 0) is 41.3 Å². The van der Waals surface area contributed by atoms with E-state index in [1.807, 2.05) is 0 Å². The van der Waals surface area contributed by atoms with Crippen LogP contribution < -0.4 is 0 Å². The van der Waals surface area contributed by atoms with Crippen LogP contribution in [0.4, 0.5) is 0 Å². The second-order valence-corrected chi connectivity index (χ2v) is 6.21. The molecule has 0 nitrogen and oxygen atoms in total. The number of aryl methyl sites for hydroxylation is 2. The van der Waals surface area contributed by atoms with Crippen molar-refractivity contribution in [3.05, 3.63) is 82.9 Å². The maximum Gasteiger partial charge on any atom is 0.0650 e. The first kappa shape index (κ1) is 13.4.